The Hall–Kier alpha value is -3.13. The average molecular weight is 481 g/mol. The molecule has 2 heterocycles. The number of halogens is 1. The van der Waals surface area contributed by atoms with Crippen molar-refractivity contribution in [1.82, 2.24) is 14.8 Å². The van der Waals surface area contributed by atoms with Gasteiger partial charge < -0.3 is 14.8 Å². The number of Topliss-reactive ketones (excluding diaryl/α,β-unsaturated/α-hetero) is 1. The van der Waals surface area contributed by atoms with Crippen molar-refractivity contribution in [3.05, 3.63) is 75.7 Å². The second-order valence-corrected chi connectivity index (χ2v) is 8.56. The second kappa shape index (κ2) is 7.85. The third-order valence-corrected chi connectivity index (χ3v) is 6.40. The van der Waals surface area contributed by atoms with Gasteiger partial charge in [0.2, 0.25) is 5.95 Å². The number of ketones is 1. The van der Waals surface area contributed by atoms with Gasteiger partial charge in [0.25, 0.3) is 0 Å². The number of hydrogen-bond donors (Lipinski definition) is 1. The number of nitrogens with zero attached hydrogens (tertiary/aromatic N) is 3. The van der Waals surface area contributed by atoms with E-state index in [2.05, 4.69) is 31.3 Å². The fraction of sp³-hybridized carbons (Fsp3) is 0.261. The van der Waals surface area contributed by atoms with E-state index in [1.54, 1.807) is 18.9 Å². The van der Waals surface area contributed by atoms with E-state index in [0.717, 1.165) is 26.9 Å². The first-order chi connectivity index (χ1) is 15.1. The van der Waals surface area contributed by atoms with E-state index in [0.29, 0.717) is 30.3 Å². The number of benzene rings is 2. The predicted molar refractivity (Wildman–Crippen MR) is 119 cm³/mol. The third kappa shape index (κ3) is 3.40. The smallest absolute Gasteiger partial charge is 0.226 e. The number of carbonyl (C=O) groups is 1. The van der Waals surface area contributed by atoms with Crippen molar-refractivity contribution in [3.63, 3.8) is 0 Å². The van der Waals surface area contributed by atoms with Crippen LogP contribution in [0.5, 0.6) is 11.5 Å². The molecule has 1 aliphatic heterocycles. The Balaban J connectivity index is 1.56. The molecule has 0 fully saturated rings. The molecule has 0 spiro atoms. The zero-order valence-electron chi connectivity index (χ0n) is 17.1. The molecule has 1 N–H and O–H groups in total. The summed E-state index contributed by atoms with van der Waals surface area (Å²) in [5.41, 5.74) is 3.70. The lowest BCUT2D eigenvalue weighted by Crippen LogP contribution is -2.33. The number of hydrogen-bond acceptors (Lipinski definition) is 6. The quantitative estimate of drug-likeness (QED) is 0.593. The summed E-state index contributed by atoms with van der Waals surface area (Å²) in [5.74, 6) is 2.13. The minimum absolute atomic E-state index is 0.0381. The topological polar surface area (TPSA) is 78.3 Å². The third-order valence-electron chi connectivity index (χ3n) is 5.91. The van der Waals surface area contributed by atoms with E-state index in [4.69, 9.17) is 9.47 Å². The summed E-state index contributed by atoms with van der Waals surface area (Å²) in [6, 6.07) is 13.5. The molecule has 0 saturated heterocycles. The summed E-state index contributed by atoms with van der Waals surface area (Å²) >= 11 is 3.54. The maximum Gasteiger partial charge on any atom is 0.226 e. The van der Waals surface area contributed by atoms with Gasteiger partial charge in [-0.2, -0.15) is 10.1 Å². The summed E-state index contributed by atoms with van der Waals surface area (Å²) in [4.78, 5) is 17.8. The number of carbonyl (C=O) groups excluding carboxylic acids is 1. The number of anilines is 1. The maximum atomic E-state index is 13.5. The van der Waals surface area contributed by atoms with Gasteiger partial charge in [0, 0.05) is 22.2 Å². The highest BCUT2D eigenvalue weighted by Gasteiger charge is 2.39. The van der Waals surface area contributed by atoms with Crippen molar-refractivity contribution in [2.45, 2.75) is 24.8 Å². The van der Waals surface area contributed by atoms with Crippen LogP contribution in [0, 0.1) is 0 Å². The van der Waals surface area contributed by atoms with Crippen LogP contribution in [0.15, 0.2) is 64.5 Å². The fourth-order valence-electron chi connectivity index (χ4n) is 4.48. The number of fused-ring (bicyclic) bond motifs is 1. The van der Waals surface area contributed by atoms with Gasteiger partial charge in [0.05, 0.1) is 14.2 Å². The monoisotopic (exact) mass is 480 g/mol. The molecule has 7 nitrogen and oxygen atoms in total. The molecule has 5 rings (SSSR count). The van der Waals surface area contributed by atoms with Gasteiger partial charge in [-0.15, -0.1) is 0 Å². The Morgan fingerprint density at radius 2 is 1.90 bits per heavy atom. The van der Waals surface area contributed by atoms with Crippen LogP contribution in [-0.2, 0) is 4.79 Å². The summed E-state index contributed by atoms with van der Waals surface area (Å²) in [6.07, 6.45) is 2.64. The molecule has 0 radical (unpaired) electrons. The van der Waals surface area contributed by atoms with Gasteiger partial charge in [0.15, 0.2) is 17.3 Å². The molecule has 3 aromatic rings. The van der Waals surface area contributed by atoms with Crippen LogP contribution in [-0.4, -0.2) is 34.8 Å². The molecule has 1 aliphatic carbocycles. The number of methoxy groups -OCH3 is 2. The molecular formula is C23H21BrN4O3. The van der Waals surface area contributed by atoms with Gasteiger partial charge in [-0.05, 0) is 47.7 Å². The van der Waals surface area contributed by atoms with E-state index >= 15 is 0 Å². The van der Waals surface area contributed by atoms with Gasteiger partial charge in [-0.3, -0.25) is 4.79 Å². The van der Waals surface area contributed by atoms with E-state index in [1.807, 2.05) is 42.5 Å². The molecule has 31 heavy (non-hydrogen) atoms. The van der Waals surface area contributed by atoms with Gasteiger partial charge in [-0.25, -0.2) is 4.68 Å². The average Bonchev–Trinajstić information content (AvgIpc) is 3.25. The van der Waals surface area contributed by atoms with Crippen molar-refractivity contribution >= 4 is 27.7 Å². The number of aromatic nitrogens is 3. The SMILES string of the molecule is COc1ccc([C@H]2CC(=O)C3=C(C2)Nc2ncnn2[C@@H]3c2cccc(Br)c2)cc1OC. The predicted octanol–water partition coefficient (Wildman–Crippen LogP) is 4.47. The first-order valence-corrected chi connectivity index (χ1v) is 10.8. The van der Waals surface area contributed by atoms with Crippen LogP contribution in [0.1, 0.15) is 35.9 Å². The van der Waals surface area contributed by atoms with Crippen LogP contribution in [0.25, 0.3) is 0 Å². The Kier molecular flexibility index (Phi) is 5.02. The number of rotatable bonds is 4. The summed E-state index contributed by atoms with van der Waals surface area (Å²) in [5, 5.41) is 7.75. The molecule has 0 amide bonds. The van der Waals surface area contributed by atoms with Crippen LogP contribution in [0.3, 0.4) is 0 Å². The Morgan fingerprint density at radius 1 is 1.06 bits per heavy atom. The fourth-order valence-corrected chi connectivity index (χ4v) is 4.90. The lowest BCUT2D eigenvalue weighted by Gasteiger charge is -2.35. The van der Waals surface area contributed by atoms with Crippen LogP contribution in [0.4, 0.5) is 5.95 Å². The zero-order valence-corrected chi connectivity index (χ0v) is 18.7. The normalized spacial score (nSPS) is 20.0. The Labute approximate surface area is 188 Å². The zero-order chi connectivity index (χ0) is 21.5. The molecule has 0 bridgehead atoms. The van der Waals surface area contributed by atoms with Crippen molar-refractivity contribution in [2.75, 3.05) is 19.5 Å². The van der Waals surface area contributed by atoms with Gasteiger partial charge in [-0.1, -0.05) is 34.1 Å². The molecule has 8 heteroatoms. The van der Waals surface area contributed by atoms with E-state index in [-0.39, 0.29) is 17.7 Å². The highest BCUT2D eigenvalue weighted by atomic mass is 79.9. The van der Waals surface area contributed by atoms with E-state index < -0.39 is 0 Å². The highest BCUT2D eigenvalue weighted by molar-refractivity contribution is 9.10. The lowest BCUT2D eigenvalue weighted by molar-refractivity contribution is -0.116. The van der Waals surface area contributed by atoms with Crippen LogP contribution in [0.2, 0.25) is 0 Å². The number of ether oxygens (including phenoxy) is 2. The maximum absolute atomic E-state index is 13.5. The van der Waals surface area contributed by atoms with E-state index in [9.17, 15) is 4.79 Å². The van der Waals surface area contributed by atoms with Gasteiger partial charge >= 0.3 is 0 Å². The van der Waals surface area contributed by atoms with E-state index in [1.165, 1.54) is 6.33 Å². The Bertz CT molecular complexity index is 1200. The largest absolute Gasteiger partial charge is 0.493 e. The Morgan fingerprint density at radius 3 is 2.68 bits per heavy atom. The summed E-state index contributed by atoms with van der Waals surface area (Å²) < 4.78 is 13.6. The van der Waals surface area contributed by atoms with Crippen LogP contribution >= 0.6 is 15.9 Å². The molecule has 2 aliphatic rings. The van der Waals surface area contributed by atoms with Crippen molar-refractivity contribution < 1.29 is 14.3 Å². The first kappa shape index (κ1) is 19.8. The first-order valence-electron chi connectivity index (χ1n) is 9.99. The van der Waals surface area contributed by atoms with Crippen molar-refractivity contribution in [2.24, 2.45) is 0 Å². The molecule has 0 unspecified atom stereocenters. The number of nitrogens with one attached hydrogen (secondary N) is 1. The van der Waals surface area contributed by atoms with Gasteiger partial charge in [0.1, 0.15) is 12.4 Å². The summed E-state index contributed by atoms with van der Waals surface area (Å²) in [7, 11) is 3.23. The molecule has 2 atom stereocenters. The minimum atomic E-state index is -0.301. The molecular weight excluding hydrogens is 460 g/mol. The standard InChI is InChI=1S/C23H21BrN4O3/c1-30-19-7-6-13(11-20(19)31-2)15-9-17-21(18(29)10-15)22(14-4-3-5-16(24)8-14)28-23(27-17)25-12-26-28/h3-8,11-12,15,22H,9-10H2,1-2H3,(H,25,26,27)/t15-,22-/m1/s1. The van der Waals surface area contributed by atoms with Crippen molar-refractivity contribution in [1.29, 1.82) is 0 Å². The molecule has 1 aromatic heterocycles. The number of allylic oxidation sites excluding steroid dienone is 2. The highest BCUT2D eigenvalue weighted by Crippen LogP contribution is 2.45. The van der Waals surface area contributed by atoms with Crippen molar-refractivity contribution in [3.8, 4) is 11.5 Å². The summed E-state index contributed by atoms with van der Waals surface area (Å²) in [6.45, 7) is 0. The molecule has 0 saturated carbocycles. The lowest BCUT2D eigenvalue weighted by atomic mass is 9.78. The minimum Gasteiger partial charge on any atom is -0.493 e. The molecule has 2 aromatic carbocycles. The van der Waals surface area contributed by atoms with Crippen LogP contribution < -0.4 is 14.8 Å². The molecule has 158 valence electrons. The second-order valence-electron chi connectivity index (χ2n) is 7.65.